The summed E-state index contributed by atoms with van der Waals surface area (Å²) >= 11 is 0. The molecular formula is C15H16N6O. The lowest BCUT2D eigenvalue weighted by Crippen LogP contribution is -2.49. The minimum atomic E-state index is -0.000515. The molecular weight excluding hydrogens is 280 g/mol. The Morgan fingerprint density at radius 2 is 2.05 bits per heavy atom. The van der Waals surface area contributed by atoms with E-state index >= 15 is 0 Å². The molecule has 7 heteroatoms. The molecule has 0 atom stereocenters. The topological polar surface area (TPSA) is 78.0 Å². The van der Waals surface area contributed by atoms with Crippen molar-refractivity contribution in [3.8, 4) is 6.07 Å². The third-order valence-corrected chi connectivity index (χ3v) is 3.78. The molecule has 3 rings (SSSR count). The second-order valence-electron chi connectivity index (χ2n) is 5.19. The van der Waals surface area contributed by atoms with Crippen LogP contribution in [0.4, 0.5) is 5.69 Å². The van der Waals surface area contributed by atoms with Gasteiger partial charge in [-0.1, -0.05) is 0 Å². The average molecular weight is 296 g/mol. The Morgan fingerprint density at radius 1 is 1.27 bits per heavy atom. The van der Waals surface area contributed by atoms with Crippen LogP contribution in [0.5, 0.6) is 0 Å². The predicted octanol–water partition coefficient (Wildman–Crippen LogP) is 0.649. The van der Waals surface area contributed by atoms with E-state index in [1.54, 1.807) is 42.6 Å². The molecule has 0 spiro atoms. The van der Waals surface area contributed by atoms with Gasteiger partial charge >= 0.3 is 0 Å². The van der Waals surface area contributed by atoms with Gasteiger partial charge < -0.3 is 9.80 Å². The molecule has 2 aromatic rings. The Balaban J connectivity index is 1.68. The van der Waals surface area contributed by atoms with Gasteiger partial charge in [-0.2, -0.15) is 10.4 Å². The highest BCUT2D eigenvalue weighted by Gasteiger charge is 2.24. The van der Waals surface area contributed by atoms with Crippen molar-refractivity contribution in [1.82, 2.24) is 19.7 Å². The third-order valence-electron chi connectivity index (χ3n) is 3.78. The van der Waals surface area contributed by atoms with Crippen LogP contribution in [-0.4, -0.2) is 51.8 Å². The highest BCUT2D eigenvalue weighted by molar-refractivity contribution is 5.93. The molecule has 0 saturated carbocycles. The molecule has 0 radical (unpaired) electrons. The van der Waals surface area contributed by atoms with Crippen molar-refractivity contribution < 1.29 is 4.79 Å². The Morgan fingerprint density at radius 3 is 2.68 bits per heavy atom. The molecule has 1 aliphatic rings. The first kappa shape index (κ1) is 14.1. The van der Waals surface area contributed by atoms with Crippen molar-refractivity contribution in [1.29, 1.82) is 5.26 Å². The molecule has 0 aliphatic carbocycles. The molecule has 22 heavy (non-hydrogen) atoms. The molecule has 0 bridgehead atoms. The van der Waals surface area contributed by atoms with Crippen LogP contribution < -0.4 is 4.90 Å². The third kappa shape index (κ3) is 2.63. The number of anilines is 1. The van der Waals surface area contributed by atoms with Gasteiger partial charge in [-0.25, -0.2) is 0 Å². The quantitative estimate of drug-likeness (QED) is 0.813. The summed E-state index contributed by atoms with van der Waals surface area (Å²) in [4.78, 5) is 20.4. The number of aromatic nitrogens is 3. The first-order valence-corrected chi connectivity index (χ1v) is 7.06. The maximum absolute atomic E-state index is 12.4. The van der Waals surface area contributed by atoms with Crippen molar-refractivity contribution in [3.05, 3.63) is 42.0 Å². The van der Waals surface area contributed by atoms with Crippen molar-refractivity contribution in [2.24, 2.45) is 7.05 Å². The molecule has 0 unspecified atom stereocenters. The summed E-state index contributed by atoms with van der Waals surface area (Å²) in [6.07, 6.45) is 6.63. The van der Waals surface area contributed by atoms with Gasteiger partial charge in [-0.3, -0.25) is 14.5 Å². The number of rotatable bonds is 2. The lowest BCUT2D eigenvalue weighted by atomic mass is 10.2. The number of carbonyl (C=O) groups is 1. The van der Waals surface area contributed by atoms with Gasteiger partial charge in [-0.05, 0) is 6.07 Å². The van der Waals surface area contributed by atoms with Crippen molar-refractivity contribution in [2.45, 2.75) is 0 Å². The zero-order chi connectivity index (χ0) is 15.5. The maximum atomic E-state index is 12.4. The molecule has 3 heterocycles. The summed E-state index contributed by atoms with van der Waals surface area (Å²) < 4.78 is 1.62. The largest absolute Gasteiger partial charge is 0.366 e. The van der Waals surface area contributed by atoms with Crippen molar-refractivity contribution >= 4 is 11.6 Å². The van der Waals surface area contributed by atoms with Gasteiger partial charge in [0, 0.05) is 45.6 Å². The number of hydrogen-bond donors (Lipinski definition) is 0. The highest BCUT2D eigenvalue weighted by Crippen LogP contribution is 2.20. The Labute approximate surface area is 128 Å². The van der Waals surface area contributed by atoms with E-state index in [1.165, 1.54) is 0 Å². The molecule has 1 saturated heterocycles. The molecule has 1 amide bonds. The fourth-order valence-corrected chi connectivity index (χ4v) is 2.60. The van der Waals surface area contributed by atoms with Crippen molar-refractivity contribution in [2.75, 3.05) is 31.1 Å². The lowest BCUT2D eigenvalue weighted by Gasteiger charge is -2.36. The number of nitriles is 1. The van der Waals surface area contributed by atoms with E-state index in [2.05, 4.69) is 21.1 Å². The van der Waals surface area contributed by atoms with Crippen LogP contribution in [0.1, 0.15) is 15.9 Å². The summed E-state index contributed by atoms with van der Waals surface area (Å²) in [5.41, 5.74) is 2.05. The standard InChI is InChI=1S/C15H16N6O/c1-19-11-13(9-18-19)15(22)21-6-4-20(5-7-21)14-10-17-3-2-12(14)8-16/h2-3,9-11H,4-7H2,1H3. The summed E-state index contributed by atoms with van der Waals surface area (Å²) in [7, 11) is 1.79. The normalized spacial score (nSPS) is 14.7. The molecule has 1 fully saturated rings. The maximum Gasteiger partial charge on any atom is 0.257 e. The predicted molar refractivity (Wildman–Crippen MR) is 80.3 cm³/mol. The van der Waals surface area contributed by atoms with Crippen LogP contribution in [0, 0.1) is 11.3 Å². The van der Waals surface area contributed by atoms with E-state index in [0.29, 0.717) is 37.3 Å². The van der Waals surface area contributed by atoms with E-state index in [0.717, 1.165) is 5.69 Å². The van der Waals surface area contributed by atoms with E-state index in [1.807, 2.05) is 4.90 Å². The van der Waals surface area contributed by atoms with Crippen LogP contribution in [0.3, 0.4) is 0 Å². The van der Waals surface area contributed by atoms with Crippen molar-refractivity contribution in [3.63, 3.8) is 0 Å². The molecule has 2 aromatic heterocycles. The van der Waals surface area contributed by atoms with E-state index in [4.69, 9.17) is 5.26 Å². The van der Waals surface area contributed by atoms with E-state index in [-0.39, 0.29) is 5.91 Å². The number of piperazine rings is 1. The number of hydrogen-bond acceptors (Lipinski definition) is 5. The smallest absolute Gasteiger partial charge is 0.257 e. The van der Waals surface area contributed by atoms with Crippen LogP contribution in [0.2, 0.25) is 0 Å². The molecule has 7 nitrogen and oxygen atoms in total. The number of pyridine rings is 1. The average Bonchev–Trinajstić information content (AvgIpc) is 3.01. The Hall–Kier alpha value is -2.88. The molecule has 0 aromatic carbocycles. The Kier molecular flexibility index (Phi) is 3.74. The lowest BCUT2D eigenvalue weighted by molar-refractivity contribution is 0.0746. The monoisotopic (exact) mass is 296 g/mol. The van der Waals surface area contributed by atoms with Crippen LogP contribution >= 0.6 is 0 Å². The summed E-state index contributed by atoms with van der Waals surface area (Å²) in [5.74, 6) is -0.000515. The first-order valence-electron chi connectivity index (χ1n) is 7.06. The van der Waals surface area contributed by atoms with E-state index in [9.17, 15) is 4.79 Å². The summed E-state index contributed by atoms with van der Waals surface area (Å²) in [6.45, 7) is 2.61. The minimum Gasteiger partial charge on any atom is -0.366 e. The SMILES string of the molecule is Cn1cc(C(=O)N2CCN(c3cnccc3C#N)CC2)cn1. The van der Waals surface area contributed by atoms with Gasteiger partial charge in [0.25, 0.3) is 5.91 Å². The zero-order valence-electron chi connectivity index (χ0n) is 12.3. The fraction of sp³-hybridized carbons (Fsp3) is 0.333. The number of nitrogens with zero attached hydrogens (tertiary/aromatic N) is 6. The van der Waals surface area contributed by atoms with Gasteiger partial charge in [0.1, 0.15) is 6.07 Å². The van der Waals surface area contributed by atoms with Gasteiger partial charge in [0.05, 0.1) is 29.2 Å². The molecule has 1 aliphatic heterocycles. The van der Waals surface area contributed by atoms with Crippen LogP contribution in [-0.2, 0) is 7.05 Å². The molecule has 112 valence electrons. The van der Waals surface area contributed by atoms with Gasteiger partial charge in [-0.15, -0.1) is 0 Å². The highest BCUT2D eigenvalue weighted by atomic mass is 16.2. The summed E-state index contributed by atoms with van der Waals surface area (Å²) in [6, 6.07) is 3.89. The van der Waals surface area contributed by atoms with Crippen LogP contribution in [0.15, 0.2) is 30.9 Å². The number of aryl methyl sites for hydroxylation is 1. The Bertz CT molecular complexity index is 724. The van der Waals surface area contributed by atoms with Crippen LogP contribution in [0.25, 0.3) is 0 Å². The fourth-order valence-electron chi connectivity index (χ4n) is 2.60. The number of amides is 1. The minimum absolute atomic E-state index is 0.000515. The second kappa shape index (κ2) is 5.85. The number of carbonyl (C=O) groups excluding carboxylic acids is 1. The summed E-state index contributed by atoms with van der Waals surface area (Å²) in [5, 5.41) is 13.2. The zero-order valence-corrected chi connectivity index (χ0v) is 12.3. The van der Waals surface area contributed by atoms with Gasteiger partial charge in [0.15, 0.2) is 0 Å². The van der Waals surface area contributed by atoms with Gasteiger partial charge in [0.2, 0.25) is 0 Å². The second-order valence-corrected chi connectivity index (χ2v) is 5.19. The molecule has 0 N–H and O–H groups in total. The first-order chi connectivity index (χ1) is 10.7. The van der Waals surface area contributed by atoms with E-state index < -0.39 is 0 Å².